The van der Waals surface area contributed by atoms with E-state index in [1.807, 2.05) is 18.2 Å². The van der Waals surface area contributed by atoms with Crippen molar-refractivity contribution in [2.45, 2.75) is 44.1 Å². The summed E-state index contributed by atoms with van der Waals surface area (Å²) in [5.74, 6) is -0.313. The number of nitrogens with one attached hydrogen (secondary N) is 2. The van der Waals surface area contributed by atoms with Crippen LogP contribution in [0, 0.1) is 5.92 Å². The molecule has 2 aliphatic rings. The predicted molar refractivity (Wildman–Crippen MR) is 108 cm³/mol. The van der Waals surface area contributed by atoms with Crippen LogP contribution in [0.25, 0.3) is 0 Å². The van der Waals surface area contributed by atoms with Crippen molar-refractivity contribution in [2.24, 2.45) is 5.92 Å². The predicted octanol–water partition coefficient (Wildman–Crippen LogP) is 1.57. The Morgan fingerprint density at radius 1 is 1.17 bits per heavy atom. The highest BCUT2D eigenvalue weighted by molar-refractivity contribution is 6.31. The van der Waals surface area contributed by atoms with Crippen LogP contribution in [0.4, 0.5) is 0 Å². The highest BCUT2D eigenvalue weighted by atomic mass is 35.5. The summed E-state index contributed by atoms with van der Waals surface area (Å²) in [6.45, 7) is 1.26. The summed E-state index contributed by atoms with van der Waals surface area (Å²) in [4.78, 5) is 24.7. The second kappa shape index (κ2) is 10.7. The van der Waals surface area contributed by atoms with Gasteiger partial charge in [0.2, 0.25) is 11.8 Å². The van der Waals surface area contributed by atoms with Crippen LogP contribution in [0.1, 0.15) is 24.8 Å². The van der Waals surface area contributed by atoms with Crippen LogP contribution in [0.2, 0.25) is 5.02 Å². The summed E-state index contributed by atoms with van der Waals surface area (Å²) in [6.07, 6.45) is 4.02. The van der Waals surface area contributed by atoms with E-state index in [4.69, 9.17) is 21.1 Å². The molecule has 0 aliphatic carbocycles. The Hall–Kier alpha value is -1.93. The minimum atomic E-state index is -0.592. The van der Waals surface area contributed by atoms with E-state index in [1.165, 1.54) is 0 Å². The summed E-state index contributed by atoms with van der Waals surface area (Å²) in [6, 6.07) is 6.91. The molecule has 2 aliphatic heterocycles. The summed E-state index contributed by atoms with van der Waals surface area (Å²) >= 11 is 6.09. The Morgan fingerprint density at radius 3 is 2.66 bits per heavy atom. The molecule has 0 saturated carbocycles. The van der Waals surface area contributed by atoms with E-state index < -0.39 is 18.2 Å². The molecule has 0 radical (unpaired) electrons. The van der Waals surface area contributed by atoms with Crippen molar-refractivity contribution in [3.63, 3.8) is 0 Å². The van der Waals surface area contributed by atoms with Crippen molar-refractivity contribution < 1.29 is 24.2 Å². The topological polar surface area (TPSA) is 96.9 Å². The SMILES string of the molecule is O=C(C[C@H]1C=C[C@H](NC(=O)C2CCOCC2)[C@H](CO)O1)NCc1ccccc1Cl. The van der Waals surface area contributed by atoms with Gasteiger partial charge >= 0.3 is 0 Å². The Balaban J connectivity index is 1.49. The van der Waals surface area contributed by atoms with Crippen LogP contribution < -0.4 is 10.6 Å². The van der Waals surface area contributed by atoms with Crippen LogP contribution in [-0.2, 0) is 25.6 Å². The molecule has 3 atom stereocenters. The van der Waals surface area contributed by atoms with Crippen LogP contribution in [-0.4, -0.2) is 55.0 Å². The van der Waals surface area contributed by atoms with Gasteiger partial charge in [-0.25, -0.2) is 0 Å². The summed E-state index contributed by atoms with van der Waals surface area (Å²) in [5.41, 5.74) is 0.840. The van der Waals surface area contributed by atoms with E-state index in [0.717, 1.165) is 5.56 Å². The minimum Gasteiger partial charge on any atom is -0.394 e. The molecule has 7 nitrogen and oxygen atoms in total. The lowest BCUT2D eigenvalue weighted by atomic mass is 9.97. The fraction of sp³-hybridized carbons (Fsp3) is 0.524. The molecule has 2 amide bonds. The van der Waals surface area contributed by atoms with Crippen LogP contribution >= 0.6 is 11.6 Å². The molecule has 0 unspecified atom stereocenters. The minimum absolute atomic E-state index is 0.0547. The third-order valence-corrected chi connectivity index (χ3v) is 5.55. The molecular formula is C21H27ClN2O5. The summed E-state index contributed by atoms with van der Waals surface area (Å²) < 4.78 is 11.1. The van der Waals surface area contributed by atoms with Crippen molar-refractivity contribution in [1.29, 1.82) is 0 Å². The monoisotopic (exact) mass is 422 g/mol. The first-order valence-electron chi connectivity index (χ1n) is 9.89. The van der Waals surface area contributed by atoms with Gasteiger partial charge in [0.15, 0.2) is 0 Å². The molecule has 1 aromatic rings. The van der Waals surface area contributed by atoms with Gasteiger partial charge in [0.05, 0.1) is 25.2 Å². The molecule has 8 heteroatoms. The second-order valence-electron chi connectivity index (χ2n) is 7.27. The lowest BCUT2D eigenvalue weighted by Gasteiger charge is -2.33. The molecule has 1 saturated heterocycles. The lowest BCUT2D eigenvalue weighted by molar-refractivity contribution is -0.132. The summed E-state index contributed by atoms with van der Waals surface area (Å²) in [7, 11) is 0. The molecule has 3 rings (SSSR count). The fourth-order valence-electron chi connectivity index (χ4n) is 3.47. The number of amides is 2. The molecule has 0 bridgehead atoms. The van der Waals surface area contributed by atoms with E-state index >= 15 is 0 Å². The maximum absolute atomic E-state index is 12.4. The Kier molecular flexibility index (Phi) is 8.06. The van der Waals surface area contributed by atoms with Gasteiger partial charge in [0.1, 0.15) is 6.10 Å². The molecule has 1 fully saturated rings. The second-order valence-corrected chi connectivity index (χ2v) is 7.68. The van der Waals surface area contributed by atoms with Gasteiger partial charge < -0.3 is 25.2 Å². The van der Waals surface area contributed by atoms with E-state index in [0.29, 0.717) is 37.6 Å². The Labute approximate surface area is 175 Å². The average Bonchev–Trinajstić information content (AvgIpc) is 2.74. The molecular weight excluding hydrogens is 396 g/mol. The maximum atomic E-state index is 12.4. The third kappa shape index (κ3) is 6.27. The maximum Gasteiger partial charge on any atom is 0.223 e. The Morgan fingerprint density at radius 2 is 1.93 bits per heavy atom. The molecule has 1 aromatic carbocycles. The zero-order chi connectivity index (χ0) is 20.6. The number of ether oxygens (including phenoxy) is 2. The molecule has 0 spiro atoms. The highest BCUT2D eigenvalue weighted by Crippen LogP contribution is 2.19. The van der Waals surface area contributed by atoms with Crippen LogP contribution in [0.3, 0.4) is 0 Å². The zero-order valence-electron chi connectivity index (χ0n) is 16.2. The van der Waals surface area contributed by atoms with Crippen molar-refractivity contribution in [2.75, 3.05) is 19.8 Å². The van der Waals surface area contributed by atoms with Gasteiger partial charge in [-0.05, 0) is 24.5 Å². The van der Waals surface area contributed by atoms with Crippen molar-refractivity contribution in [3.05, 3.63) is 47.0 Å². The number of hydrogen-bond donors (Lipinski definition) is 3. The number of aliphatic hydroxyl groups excluding tert-OH is 1. The summed E-state index contributed by atoms with van der Waals surface area (Å²) in [5, 5.41) is 16.0. The van der Waals surface area contributed by atoms with Crippen molar-refractivity contribution >= 4 is 23.4 Å². The average molecular weight is 423 g/mol. The smallest absolute Gasteiger partial charge is 0.223 e. The molecule has 29 heavy (non-hydrogen) atoms. The number of benzene rings is 1. The van der Waals surface area contributed by atoms with Gasteiger partial charge in [0, 0.05) is 30.7 Å². The third-order valence-electron chi connectivity index (χ3n) is 5.18. The number of carbonyl (C=O) groups is 2. The van der Waals surface area contributed by atoms with Gasteiger partial charge in [-0.3, -0.25) is 9.59 Å². The van der Waals surface area contributed by atoms with E-state index in [2.05, 4.69) is 10.6 Å². The fourth-order valence-corrected chi connectivity index (χ4v) is 3.67. The lowest BCUT2D eigenvalue weighted by Crippen LogP contribution is -2.50. The number of halogens is 1. The van der Waals surface area contributed by atoms with Gasteiger partial charge in [-0.2, -0.15) is 0 Å². The van der Waals surface area contributed by atoms with E-state index in [9.17, 15) is 14.7 Å². The van der Waals surface area contributed by atoms with Gasteiger partial charge in [-0.1, -0.05) is 42.0 Å². The molecule has 158 valence electrons. The number of rotatable bonds is 7. The normalized spacial score (nSPS) is 24.8. The van der Waals surface area contributed by atoms with Gasteiger partial charge in [0.25, 0.3) is 0 Å². The number of carbonyl (C=O) groups excluding carboxylic acids is 2. The van der Waals surface area contributed by atoms with E-state index in [-0.39, 0.29) is 30.8 Å². The quantitative estimate of drug-likeness (QED) is 0.579. The zero-order valence-corrected chi connectivity index (χ0v) is 16.9. The molecule has 0 aromatic heterocycles. The van der Waals surface area contributed by atoms with Crippen molar-refractivity contribution in [3.8, 4) is 0 Å². The van der Waals surface area contributed by atoms with Crippen LogP contribution in [0.15, 0.2) is 36.4 Å². The first-order valence-corrected chi connectivity index (χ1v) is 10.3. The van der Waals surface area contributed by atoms with E-state index in [1.54, 1.807) is 18.2 Å². The van der Waals surface area contributed by atoms with Crippen LogP contribution in [0.5, 0.6) is 0 Å². The molecule has 2 heterocycles. The number of hydrogen-bond acceptors (Lipinski definition) is 5. The highest BCUT2D eigenvalue weighted by Gasteiger charge is 2.31. The first kappa shape index (κ1) is 21.8. The molecule has 3 N–H and O–H groups in total. The standard InChI is InChI=1S/C21H27ClN2O5/c22-17-4-2-1-3-15(17)12-23-20(26)11-16-5-6-18(19(13-25)29-16)24-21(27)14-7-9-28-10-8-14/h1-6,14,16,18-19,25H,7-13H2,(H,23,26)(H,24,27)/t16-,18+,19+/m1/s1. The Bertz CT molecular complexity index is 736. The largest absolute Gasteiger partial charge is 0.394 e. The van der Waals surface area contributed by atoms with Crippen molar-refractivity contribution in [1.82, 2.24) is 10.6 Å². The number of aliphatic hydroxyl groups is 1. The first-order chi connectivity index (χ1) is 14.1. The van der Waals surface area contributed by atoms with Gasteiger partial charge in [-0.15, -0.1) is 0 Å².